The van der Waals surface area contributed by atoms with Gasteiger partial charge in [0.15, 0.2) is 5.82 Å². The van der Waals surface area contributed by atoms with E-state index in [0.29, 0.717) is 11.0 Å². The lowest BCUT2D eigenvalue weighted by atomic mass is 9.92. The van der Waals surface area contributed by atoms with Crippen LogP contribution in [0.4, 0.5) is 0 Å². The molecule has 2 rings (SSSR count). The smallest absolute Gasteiger partial charge is 0.164 e. The molecule has 0 bridgehead atoms. The SMILES string of the molecule is CCn1cc(-c2nc(Cl)c(I)c(C(C)(C)C)n2)cn1. The number of hydrogen-bond acceptors (Lipinski definition) is 3. The van der Waals surface area contributed by atoms with Gasteiger partial charge in [-0.1, -0.05) is 32.4 Å². The minimum Gasteiger partial charge on any atom is -0.272 e. The van der Waals surface area contributed by atoms with Gasteiger partial charge in [-0.25, -0.2) is 9.97 Å². The quantitative estimate of drug-likeness (QED) is 0.577. The fraction of sp³-hybridized carbons (Fsp3) is 0.462. The molecule has 0 aliphatic rings. The molecule has 4 nitrogen and oxygen atoms in total. The lowest BCUT2D eigenvalue weighted by Gasteiger charge is -2.20. The Kier molecular flexibility index (Phi) is 4.15. The summed E-state index contributed by atoms with van der Waals surface area (Å²) in [5, 5.41) is 4.75. The third-order valence-corrected chi connectivity index (χ3v) is 4.35. The summed E-state index contributed by atoms with van der Waals surface area (Å²) in [6, 6.07) is 0. The van der Waals surface area contributed by atoms with Crippen molar-refractivity contribution in [2.75, 3.05) is 0 Å². The number of halogens is 2. The van der Waals surface area contributed by atoms with Crippen LogP contribution < -0.4 is 0 Å². The molecule has 0 atom stereocenters. The van der Waals surface area contributed by atoms with Gasteiger partial charge in [0.05, 0.1) is 21.0 Å². The normalized spacial score (nSPS) is 11.9. The lowest BCUT2D eigenvalue weighted by molar-refractivity contribution is 0.563. The van der Waals surface area contributed by atoms with Gasteiger partial charge in [-0.05, 0) is 29.5 Å². The highest BCUT2D eigenvalue weighted by molar-refractivity contribution is 14.1. The van der Waals surface area contributed by atoms with Crippen LogP contribution in [-0.4, -0.2) is 19.7 Å². The zero-order chi connectivity index (χ0) is 14.2. The molecule has 0 aliphatic heterocycles. The first-order valence-corrected chi connectivity index (χ1v) is 7.55. The second-order valence-electron chi connectivity index (χ2n) is 5.34. The number of nitrogens with zero attached hydrogens (tertiary/aromatic N) is 4. The molecule has 0 saturated carbocycles. The van der Waals surface area contributed by atoms with Crippen molar-refractivity contribution in [2.24, 2.45) is 0 Å². The van der Waals surface area contributed by atoms with Crippen molar-refractivity contribution < 1.29 is 0 Å². The predicted octanol–water partition coefficient (Wildman–Crippen LogP) is 3.92. The fourth-order valence-electron chi connectivity index (χ4n) is 1.70. The molecule has 0 amide bonds. The summed E-state index contributed by atoms with van der Waals surface area (Å²) in [6.07, 6.45) is 3.71. The van der Waals surface area contributed by atoms with Crippen molar-refractivity contribution in [3.63, 3.8) is 0 Å². The molecule has 6 heteroatoms. The van der Waals surface area contributed by atoms with Gasteiger partial charge < -0.3 is 0 Å². The highest BCUT2D eigenvalue weighted by Crippen LogP contribution is 2.31. The van der Waals surface area contributed by atoms with Gasteiger partial charge in [-0.3, -0.25) is 4.68 Å². The second kappa shape index (κ2) is 5.36. The zero-order valence-electron chi connectivity index (χ0n) is 11.4. The Hall–Kier alpha value is -0.690. The molecule has 0 unspecified atom stereocenters. The average molecular weight is 391 g/mol. The first-order chi connectivity index (χ1) is 8.82. The number of aromatic nitrogens is 4. The van der Waals surface area contributed by atoms with Gasteiger partial charge in [0.1, 0.15) is 5.15 Å². The van der Waals surface area contributed by atoms with Crippen LogP contribution in [0.15, 0.2) is 12.4 Å². The van der Waals surface area contributed by atoms with E-state index in [0.717, 1.165) is 21.4 Å². The molecule has 2 aromatic heterocycles. The number of aryl methyl sites for hydroxylation is 1. The summed E-state index contributed by atoms with van der Waals surface area (Å²) >= 11 is 8.43. The van der Waals surface area contributed by atoms with Gasteiger partial charge >= 0.3 is 0 Å². The van der Waals surface area contributed by atoms with Crippen molar-refractivity contribution in [3.05, 3.63) is 26.8 Å². The Morgan fingerprint density at radius 3 is 2.53 bits per heavy atom. The molecule has 2 heterocycles. The first-order valence-electron chi connectivity index (χ1n) is 6.09. The van der Waals surface area contributed by atoms with E-state index in [1.54, 1.807) is 6.20 Å². The molecule has 0 spiro atoms. The average Bonchev–Trinajstić information content (AvgIpc) is 2.79. The number of hydrogen-bond donors (Lipinski definition) is 0. The Bertz CT molecular complexity index is 601. The zero-order valence-corrected chi connectivity index (χ0v) is 14.3. The van der Waals surface area contributed by atoms with Crippen LogP contribution in [0.1, 0.15) is 33.4 Å². The fourth-order valence-corrected chi connectivity index (χ4v) is 2.92. The highest BCUT2D eigenvalue weighted by Gasteiger charge is 2.23. The van der Waals surface area contributed by atoms with E-state index in [9.17, 15) is 0 Å². The van der Waals surface area contributed by atoms with Crippen molar-refractivity contribution in [1.82, 2.24) is 19.7 Å². The molecule has 0 saturated heterocycles. The molecule has 0 radical (unpaired) electrons. The van der Waals surface area contributed by atoms with E-state index in [1.807, 2.05) is 17.8 Å². The molecular formula is C13H16ClIN4. The van der Waals surface area contributed by atoms with Crippen molar-refractivity contribution in [2.45, 2.75) is 39.7 Å². The minimum atomic E-state index is -0.0708. The maximum absolute atomic E-state index is 6.23. The van der Waals surface area contributed by atoms with E-state index in [4.69, 9.17) is 11.6 Å². The second-order valence-corrected chi connectivity index (χ2v) is 6.77. The summed E-state index contributed by atoms with van der Waals surface area (Å²) in [4.78, 5) is 9.02. The van der Waals surface area contributed by atoms with Crippen LogP contribution in [0.2, 0.25) is 5.15 Å². The summed E-state index contributed by atoms with van der Waals surface area (Å²) in [5.41, 5.74) is 1.79. The van der Waals surface area contributed by atoms with Gasteiger partial charge in [0.2, 0.25) is 0 Å². The Morgan fingerprint density at radius 2 is 2.00 bits per heavy atom. The maximum atomic E-state index is 6.23. The van der Waals surface area contributed by atoms with Crippen LogP contribution >= 0.6 is 34.2 Å². The van der Waals surface area contributed by atoms with E-state index < -0.39 is 0 Å². The van der Waals surface area contributed by atoms with E-state index in [2.05, 4.69) is 58.4 Å². The van der Waals surface area contributed by atoms with Crippen LogP contribution in [-0.2, 0) is 12.0 Å². The largest absolute Gasteiger partial charge is 0.272 e. The lowest BCUT2D eigenvalue weighted by Crippen LogP contribution is -2.17. The van der Waals surface area contributed by atoms with Gasteiger partial charge in [0.25, 0.3) is 0 Å². The molecule has 102 valence electrons. The summed E-state index contributed by atoms with van der Waals surface area (Å²) < 4.78 is 2.76. The standard InChI is InChI=1S/C13H16ClIN4/c1-5-19-7-8(6-16-19)12-17-10(13(2,3)4)9(15)11(14)18-12/h6-7H,5H2,1-4H3. The van der Waals surface area contributed by atoms with Gasteiger partial charge in [0, 0.05) is 18.2 Å². The minimum absolute atomic E-state index is 0.0708. The van der Waals surface area contributed by atoms with Crippen LogP contribution in [0.5, 0.6) is 0 Å². The van der Waals surface area contributed by atoms with E-state index in [1.165, 1.54) is 0 Å². The Morgan fingerprint density at radius 1 is 1.32 bits per heavy atom. The number of rotatable bonds is 2. The molecule has 0 aliphatic carbocycles. The third kappa shape index (κ3) is 3.08. The maximum Gasteiger partial charge on any atom is 0.164 e. The Balaban J connectivity index is 2.56. The monoisotopic (exact) mass is 390 g/mol. The summed E-state index contributed by atoms with van der Waals surface area (Å²) in [7, 11) is 0. The molecule has 0 N–H and O–H groups in total. The van der Waals surface area contributed by atoms with Crippen LogP contribution in [0, 0.1) is 3.57 Å². The van der Waals surface area contributed by atoms with Crippen LogP contribution in [0.3, 0.4) is 0 Å². The summed E-state index contributed by atoms with van der Waals surface area (Å²) in [5.74, 6) is 0.634. The Labute approximate surface area is 131 Å². The van der Waals surface area contributed by atoms with Crippen LogP contribution in [0.25, 0.3) is 11.4 Å². The molecule has 0 fully saturated rings. The van der Waals surface area contributed by atoms with Crippen molar-refractivity contribution in [1.29, 1.82) is 0 Å². The summed E-state index contributed by atoms with van der Waals surface area (Å²) in [6.45, 7) is 9.22. The molecule has 0 aromatic carbocycles. The highest BCUT2D eigenvalue weighted by atomic mass is 127. The predicted molar refractivity (Wildman–Crippen MR) is 85.4 cm³/mol. The molecule has 2 aromatic rings. The van der Waals surface area contributed by atoms with E-state index in [-0.39, 0.29) is 5.41 Å². The molecular weight excluding hydrogens is 375 g/mol. The first kappa shape index (κ1) is 14.7. The topological polar surface area (TPSA) is 43.6 Å². The van der Waals surface area contributed by atoms with Gasteiger partial charge in [-0.2, -0.15) is 5.10 Å². The van der Waals surface area contributed by atoms with Gasteiger partial charge in [-0.15, -0.1) is 0 Å². The molecule has 19 heavy (non-hydrogen) atoms. The van der Waals surface area contributed by atoms with E-state index >= 15 is 0 Å². The third-order valence-electron chi connectivity index (χ3n) is 2.74. The van der Waals surface area contributed by atoms with Crippen molar-refractivity contribution >= 4 is 34.2 Å². The van der Waals surface area contributed by atoms with Crippen molar-refractivity contribution in [3.8, 4) is 11.4 Å².